The first-order valence-electron chi connectivity index (χ1n) is 4.77. The van der Waals surface area contributed by atoms with Gasteiger partial charge in [0.05, 0.1) is 0 Å². The molecule has 0 aromatic carbocycles. The summed E-state index contributed by atoms with van der Waals surface area (Å²) >= 11 is 4.33. The number of nitrogens with one attached hydrogen (secondary N) is 1. The third-order valence-corrected chi connectivity index (χ3v) is 3.66. The Hall–Kier alpha value is 0.310. The highest BCUT2D eigenvalue weighted by atomic mass is 32.1. The van der Waals surface area contributed by atoms with Crippen LogP contribution in [-0.4, -0.2) is 17.8 Å². The van der Waals surface area contributed by atoms with Gasteiger partial charge in [-0.25, -0.2) is 0 Å². The minimum atomic E-state index is 0.706. The lowest BCUT2D eigenvalue weighted by molar-refractivity contribution is 0.272. The van der Waals surface area contributed by atoms with Crippen LogP contribution in [0.4, 0.5) is 0 Å². The molecular formula is C9H17NS. The van der Waals surface area contributed by atoms with Gasteiger partial charge in [-0.15, -0.1) is 0 Å². The maximum atomic E-state index is 4.33. The predicted molar refractivity (Wildman–Crippen MR) is 51.1 cm³/mol. The quantitative estimate of drug-likeness (QED) is 0.574. The van der Waals surface area contributed by atoms with E-state index < -0.39 is 0 Å². The molecule has 11 heavy (non-hydrogen) atoms. The molecule has 0 amide bonds. The lowest BCUT2D eigenvalue weighted by Crippen LogP contribution is -2.45. The average Bonchev–Trinajstić information content (AvgIpc) is 2.50. The smallest absolute Gasteiger partial charge is 0.0158 e. The third kappa shape index (κ3) is 1.57. The summed E-state index contributed by atoms with van der Waals surface area (Å²) in [5, 5.41) is 3.69. The first-order valence-corrected chi connectivity index (χ1v) is 5.40. The predicted octanol–water partition coefficient (Wildman–Crippen LogP) is 1.84. The van der Waals surface area contributed by atoms with Crippen molar-refractivity contribution in [3.8, 4) is 0 Å². The molecule has 64 valence electrons. The van der Waals surface area contributed by atoms with Crippen LogP contribution < -0.4 is 5.32 Å². The van der Waals surface area contributed by atoms with E-state index >= 15 is 0 Å². The Balaban J connectivity index is 1.91. The Labute approximate surface area is 74.4 Å². The molecule has 0 aromatic heterocycles. The van der Waals surface area contributed by atoms with Crippen molar-refractivity contribution in [1.29, 1.82) is 0 Å². The Morgan fingerprint density at radius 1 is 1.18 bits per heavy atom. The second-order valence-electron chi connectivity index (χ2n) is 3.92. The van der Waals surface area contributed by atoms with E-state index in [9.17, 15) is 0 Å². The lowest BCUT2D eigenvalue weighted by atomic mass is 9.90. The van der Waals surface area contributed by atoms with Crippen LogP contribution in [-0.2, 0) is 0 Å². The highest BCUT2D eigenvalue weighted by Crippen LogP contribution is 2.33. The normalized spacial score (nSPS) is 43.9. The second kappa shape index (κ2) is 3.36. The molecule has 2 aliphatic rings. The summed E-state index contributed by atoms with van der Waals surface area (Å²) in [4.78, 5) is 0. The van der Waals surface area contributed by atoms with Crippen LogP contribution in [0.5, 0.6) is 0 Å². The van der Waals surface area contributed by atoms with E-state index in [0.717, 1.165) is 17.7 Å². The standard InChI is InChI=1S/C9H17NS/c11-6-8-5-4-7-2-1-3-9(7)10-8/h7-11H,1-6H2. The lowest BCUT2D eigenvalue weighted by Gasteiger charge is -2.32. The summed E-state index contributed by atoms with van der Waals surface area (Å²) in [6, 6.07) is 1.55. The molecule has 1 nitrogen and oxygen atoms in total. The second-order valence-corrected chi connectivity index (χ2v) is 4.29. The molecule has 0 radical (unpaired) electrons. The molecule has 1 saturated carbocycles. The van der Waals surface area contributed by atoms with Crippen molar-refractivity contribution in [1.82, 2.24) is 5.32 Å². The van der Waals surface area contributed by atoms with Crippen molar-refractivity contribution in [2.45, 2.75) is 44.2 Å². The van der Waals surface area contributed by atoms with Crippen LogP contribution in [0.1, 0.15) is 32.1 Å². The van der Waals surface area contributed by atoms with Gasteiger partial charge in [0.15, 0.2) is 0 Å². The van der Waals surface area contributed by atoms with Gasteiger partial charge in [-0.1, -0.05) is 6.42 Å². The fraction of sp³-hybridized carbons (Fsp3) is 1.00. The van der Waals surface area contributed by atoms with Gasteiger partial charge < -0.3 is 5.32 Å². The zero-order chi connectivity index (χ0) is 7.68. The van der Waals surface area contributed by atoms with Crippen molar-refractivity contribution < 1.29 is 0 Å². The van der Waals surface area contributed by atoms with Crippen molar-refractivity contribution in [2.24, 2.45) is 5.92 Å². The summed E-state index contributed by atoms with van der Waals surface area (Å²) in [6.07, 6.45) is 7.13. The van der Waals surface area contributed by atoms with Gasteiger partial charge in [0, 0.05) is 17.8 Å². The van der Waals surface area contributed by atoms with Crippen molar-refractivity contribution in [3.63, 3.8) is 0 Å². The zero-order valence-electron chi connectivity index (χ0n) is 6.92. The molecule has 0 aromatic rings. The highest BCUT2D eigenvalue weighted by molar-refractivity contribution is 7.80. The maximum Gasteiger partial charge on any atom is 0.0158 e. The largest absolute Gasteiger partial charge is 0.310 e. The molecule has 2 heteroatoms. The van der Waals surface area contributed by atoms with E-state index in [0.29, 0.717) is 6.04 Å². The Bertz CT molecular complexity index is 138. The first-order chi connectivity index (χ1) is 5.40. The van der Waals surface area contributed by atoms with E-state index in [2.05, 4.69) is 17.9 Å². The van der Waals surface area contributed by atoms with Gasteiger partial charge in [0.2, 0.25) is 0 Å². The van der Waals surface area contributed by atoms with Crippen LogP contribution in [0, 0.1) is 5.92 Å². The molecule has 2 rings (SSSR count). The number of thiol groups is 1. The monoisotopic (exact) mass is 171 g/mol. The zero-order valence-corrected chi connectivity index (χ0v) is 7.82. The van der Waals surface area contributed by atoms with Crippen molar-refractivity contribution >= 4 is 12.6 Å². The maximum absolute atomic E-state index is 4.33. The van der Waals surface area contributed by atoms with Gasteiger partial charge in [-0.05, 0) is 31.6 Å². The van der Waals surface area contributed by atoms with Crippen LogP contribution in [0.2, 0.25) is 0 Å². The van der Waals surface area contributed by atoms with Crippen molar-refractivity contribution in [3.05, 3.63) is 0 Å². The van der Waals surface area contributed by atoms with Gasteiger partial charge in [0.25, 0.3) is 0 Å². The molecule has 0 bridgehead atoms. The number of hydrogen-bond donors (Lipinski definition) is 2. The van der Waals surface area contributed by atoms with Crippen LogP contribution in [0.3, 0.4) is 0 Å². The van der Waals surface area contributed by atoms with Crippen molar-refractivity contribution in [2.75, 3.05) is 5.75 Å². The van der Waals surface area contributed by atoms with E-state index in [1.165, 1.54) is 32.1 Å². The van der Waals surface area contributed by atoms with E-state index in [1.54, 1.807) is 0 Å². The molecule has 3 atom stereocenters. The van der Waals surface area contributed by atoms with Gasteiger partial charge in [0.1, 0.15) is 0 Å². The SMILES string of the molecule is SCC1CCC2CCCC2N1. The summed E-state index contributed by atoms with van der Waals surface area (Å²) in [5.74, 6) is 2.02. The number of piperidine rings is 1. The molecular weight excluding hydrogens is 154 g/mol. The van der Waals surface area contributed by atoms with Crippen LogP contribution >= 0.6 is 12.6 Å². The van der Waals surface area contributed by atoms with Crippen LogP contribution in [0.25, 0.3) is 0 Å². The molecule has 3 unspecified atom stereocenters. The van der Waals surface area contributed by atoms with E-state index in [4.69, 9.17) is 0 Å². The Morgan fingerprint density at radius 2 is 2.09 bits per heavy atom. The molecule has 1 aliphatic heterocycles. The average molecular weight is 171 g/mol. The molecule has 0 spiro atoms. The molecule has 1 heterocycles. The molecule has 1 N–H and O–H groups in total. The third-order valence-electron chi connectivity index (χ3n) is 3.22. The van der Waals surface area contributed by atoms with Crippen LogP contribution in [0.15, 0.2) is 0 Å². The number of fused-ring (bicyclic) bond motifs is 1. The van der Waals surface area contributed by atoms with E-state index in [1.807, 2.05) is 0 Å². The molecule has 1 aliphatic carbocycles. The summed E-state index contributed by atoms with van der Waals surface area (Å²) in [5.41, 5.74) is 0. The minimum Gasteiger partial charge on any atom is -0.310 e. The summed E-state index contributed by atoms with van der Waals surface area (Å²) in [7, 11) is 0. The Morgan fingerprint density at radius 3 is 2.91 bits per heavy atom. The summed E-state index contributed by atoms with van der Waals surface area (Å²) in [6.45, 7) is 0. The van der Waals surface area contributed by atoms with Gasteiger partial charge in [-0.2, -0.15) is 12.6 Å². The highest BCUT2D eigenvalue weighted by Gasteiger charge is 2.32. The van der Waals surface area contributed by atoms with Gasteiger partial charge in [-0.3, -0.25) is 0 Å². The molecule has 1 saturated heterocycles. The fourth-order valence-electron chi connectivity index (χ4n) is 2.55. The minimum absolute atomic E-state index is 0.706. The van der Waals surface area contributed by atoms with E-state index in [-0.39, 0.29) is 0 Å². The fourth-order valence-corrected chi connectivity index (χ4v) is 2.84. The summed E-state index contributed by atoms with van der Waals surface area (Å²) < 4.78 is 0. The number of rotatable bonds is 1. The molecule has 2 fully saturated rings. The first kappa shape index (κ1) is 7.93. The number of hydrogen-bond acceptors (Lipinski definition) is 2. The Kier molecular flexibility index (Phi) is 2.42. The topological polar surface area (TPSA) is 12.0 Å². The van der Waals surface area contributed by atoms with Gasteiger partial charge >= 0.3 is 0 Å².